The molecule has 260 valence electrons. The number of nitrogens with zero attached hydrogens (tertiary/aromatic N) is 1. The van der Waals surface area contributed by atoms with Crippen LogP contribution in [-0.2, 0) is 26.9 Å². The van der Waals surface area contributed by atoms with E-state index in [4.69, 9.17) is 4.74 Å². The van der Waals surface area contributed by atoms with Crippen LogP contribution < -0.4 is 10.9 Å². The number of halogens is 3. The summed E-state index contributed by atoms with van der Waals surface area (Å²) in [6.45, 7) is 11.5. The monoisotopic (exact) mass is 661 g/mol. The van der Waals surface area contributed by atoms with Gasteiger partial charge in [-0.25, -0.2) is 4.79 Å². The molecule has 2 amide bonds. The number of alkyl halides is 3. The predicted molar refractivity (Wildman–Crippen MR) is 175 cm³/mol. The molecule has 0 radical (unpaired) electrons. The Kier molecular flexibility index (Phi) is 11.5. The molecule has 2 aliphatic rings. The molecule has 47 heavy (non-hydrogen) atoms. The van der Waals surface area contributed by atoms with Gasteiger partial charge in [0.05, 0.1) is 11.6 Å². The molecule has 1 aliphatic carbocycles. The highest BCUT2D eigenvalue weighted by Gasteiger charge is 2.45. The topological polar surface area (TPSA) is 109 Å². The van der Waals surface area contributed by atoms with E-state index in [1.54, 1.807) is 11.8 Å². The van der Waals surface area contributed by atoms with E-state index in [-0.39, 0.29) is 40.7 Å². The van der Waals surface area contributed by atoms with Crippen molar-refractivity contribution < 1.29 is 32.3 Å². The molecule has 2 heterocycles. The van der Waals surface area contributed by atoms with Crippen molar-refractivity contribution >= 4 is 28.7 Å². The molecule has 11 heteroatoms. The molecular formula is C36H50F3N3O5. The fraction of sp³-hybridized carbons (Fsp3) is 0.667. The van der Waals surface area contributed by atoms with Gasteiger partial charge < -0.3 is 19.9 Å². The average molecular weight is 662 g/mol. The van der Waals surface area contributed by atoms with Crippen LogP contribution >= 0.6 is 0 Å². The highest BCUT2D eigenvalue weighted by Crippen LogP contribution is 2.35. The van der Waals surface area contributed by atoms with Gasteiger partial charge in [-0.1, -0.05) is 53.0 Å². The number of unbranched alkanes of at least 4 members (excludes halogenated alkanes) is 2. The Morgan fingerprint density at radius 1 is 1.06 bits per heavy atom. The van der Waals surface area contributed by atoms with Crippen LogP contribution in [0.5, 0.6) is 0 Å². The number of carbonyl (C=O) groups is 3. The summed E-state index contributed by atoms with van der Waals surface area (Å²) in [5, 5.41) is 3.46. The molecule has 0 bridgehead atoms. The van der Waals surface area contributed by atoms with E-state index in [1.165, 1.54) is 13.0 Å². The average Bonchev–Trinajstić information content (AvgIpc) is 3.62. The summed E-state index contributed by atoms with van der Waals surface area (Å²) < 4.78 is 45.3. The lowest BCUT2D eigenvalue weighted by atomic mass is 9.85. The lowest BCUT2D eigenvalue weighted by Crippen LogP contribution is -2.57. The van der Waals surface area contributed by atoms with E-state index in [1.807, 2.05) is 27.7 Å². The van der Waals surface area contributed by atoms with Crippen LogP contribution in [-0.4, -0.2) is 52.4 Å². The largest absolute Gasteiger partial charge is 0.446 e. The van der Waals surface area contributed by atoms with Gasteiger partial charge >= 0.3 is 12.3 Å². The maximum absolute atomic E-state index is 13.7. The molecule has 1 saturated carbocycles. The summed E-state index contributed by atoms with van der Waals surface area (Å²) in [6, 6.07) is 2.14. The van der Waals surface area contributed by atoms with Crippen molar-refractivity contribution in [1.82, 2.24) is 15.2 Å². The zero-order valence-electron chi connectivity index (χ0n) is 28.5. The Balaban J connectivity index is 1.29. The summed E-state index contributed by atoms with van der Waals surface area (Å²) in [5.41, 5.74) is -0.268. The molecule has 5 unspecified atom stereocenters. The fourth-order valence-electron chi connectivity index (χ4n) is 7.54. The van der Waals surface area contributed by atoms with Crippen LogP contribution in [0.1, 0.15) is 109 Å². The summed E-state index contributed by atoms with van der Waals surface area (Å²) in [7, 11) is 0. The van der Waals surface area contributed by atoms with Crippen molar-refractivity contribution in [2.75, 3.05) is 6.54 Å². The number of Topliss-reactive ketones (excluding diaryl/α,β-unsaturated/α-hetero) is 1. The minimum absolute atomic E-state index is 0.0334. The van der Waals surface area contributed by atoms with Crippen LogP contribution in [0.25, 0.3) is 10.9 Å². The standard InChI is InChI=1S/C36H50F3N3O5/c1-7-23-18-19-42(30(23)22(3)43)33(45)31(35(4,5)6)41-34(46)47-29-15-11-13-24(29)12-9-8-10-14-27-21(2)26-17-16-25(36(37,38)39)20-28(26)40-32(27)44/h16-17,20,23-24,29-31H,7-15,18-19H2,1-6H3,(H,40,44)(H,41,46). The first-order valence-corrected chi connectivity index (χ1v) is 17.0. The Morgan fingerprint density at radius 3 is 2.43 bits per heavy atom. The van der Waals surface area contributed by atoms with Crippen molar-refractivity contribution in [3.05, 3.63) is 45.2 Å². The number of hydrogen-bond acceptors (Lipinski definition) is 5. The highest BCUT2D eigenvalue weighted by molar-refractivity contribution is 5.92. The van der Waals surface area contributed by atoms with Gasteiger partial charge in [-0.05, 0) is 93.7 Å². The molecule has 1 saturated heterocycles. The van der Waals surface area contributed by atoms with Gasteiger partial charge in [-0.3, -0.25) is 14.4 Å². The second kappa shape index (κ2) is 14.8. The number of pyridine rings is 1. The van der Waals surface area contributed by atoms with Gasteiger partial charge in [0, 0.05) is 23.0 Å². The number of hydrogen-bond donors (Lipinski definition) is 2. The van der Waals surface area contributed by atoms with Gasteiger partial charge in [0.2, 0.25) is 5.91 Å². The third-order valence-corrected chi connectivity index (χ3v) is 10.2. The summed E-state index contributed by atoms with van der Waals surface area (Å²) >= 11 is 0. The highest BCUT2D eigenvalue weighted by atomic mass is 19.4. The maximum atomic E-state index is 13.7. The third kappa shape index (κ3) is 8.57. The van der Waals surface area contributed by atoms with E-state index < -0.39 is 35.3 Å². The van der Waals surface area contributed by atoms with Gasteiger partial charge in [0.1, 0.15) is 12.1 Å². The number of ether oxygens (including phenoxy) is 1. The lowest BCUT2D eigenvalue weighted by Gasteiger charge is -2.36. The minimum atomic E-state index is -4.48. The lowest BCUT2D eigenvalue weighted by molar-refractivity contribution is -0.141. The van der Waals surface area contributed by atoms with Gasteiger partial charge in [-0.2, -0.15) is 13.2 Å². The summed E-state index contributed by atoms with van der Waals surface area (Å²) in [6.07, 6.45) is 2.73. The maximum Gasteiger partial charge on any atom is 0.416 e. The molecule has 1 aromatic heterocycles. The zero-order valence-corrected chi connectivity index (χ0v) is 28.5. The van der Waals surface area contributed by atoms with E-state index >= 15 is 0 Å². The number of nitrogens with one attached hydrogen (secondary N) is 2. The van der Waals surface area contributed by atoms with Crippen molar-refractivity contribution in [1.29, 1.82) is 0 Å². The van der Waals surface area contributed by atoms with E-state index in [9.17, 15) is 32.3 Å². The predicted octanol–water partition coefficient (Wildman–Crippen LogP) is 7.48. The number of carbonyl (C=O) groups excluding carboxylic acids is 3. The molecular weight excluding hydrogens is 611 g/mol. The molecule has 1 aromatic carbocycles. The molecule has 5 atom stereocenters. The van der Waals surface area contributed by atoms with Crippen LogP contribution in [0.2, 0.25) is 0 Å². The van der Waals surface area contributed by atoms with Crippen molar-refractivity contribution in [2.45, 2.75) is 130 Å². The summed E-state index contributed by atoms with van der Waals surface area (Å²) in [4.78, 5) is 56.3. The van der Waals surface area contributed by atoms with Crippen LogP contribution in [0.15, 0.2) is 23.0 Å². The van der Waals surface area contributed by atoms with Crippen LogP contribution in [0.4, 0.5) is 18.0 Å². The third-order valence-electron chi connectivity index (χ3n) is 10.2. The first-order chi connectivity index (χ1) is 22.0. The quantitative estimate of drug-likeness (QED) is 0.243. The molecule has 2 N–H and O–H groups in total. The number of benzene rings is 1. The molecule has 8 nitrogen and oxygen atoms in total. The van der Waals surface area contributed by atoms with Crippen molar-refractivity contribution in [3.63, 3.8) is 0 Å². The Labute approximate surface area is 275 Å². The molecule has 0 spiro atoms. The van der Waals surface area contributed by atoms with Crippen molar-refractivity contribution in [3.8, 4) is 0 Å². The second-order valence-corrected chi connectivity index (χ2v) is 14.5. The van der Waals surface area contributed by atoms with Gasteiger partial charge in [0.15, 0.2) is 5.78 Å². The number of likely N-dealkylation sites (tertiary alicyclic amines) is 1. The van der Waals surface area contributed by atoms with E-state index in [2.05, 4.69) is 10.3 Å². The minimum Gasteiger partial charge on any atom is -0.446 e. The Morgan fingerprint density at radius 2 is 1.79 bits per heavy atom. The van der Waals surface area contributed by atoms with Gasteiger partial charge in [0.25, 0.3) is 5.56 Å². The SMILES string of the molecule is CCC1CCN(C(=O)C(NC(=O)OC2CCCC2CCCCCc2c(C)c3ccc(C(F)(F)F)cc3[nH]c2=O)C(C)(C)C)C1C(C)=O. The Hall–Kier alpha value is -3.37. The van der Waals surface area contributed by atoms with Crippen LogP contribution in [0, 0.1) is 24.2 Å². The normalized spacial score (nSPS) is 22.4. The first kappa shape index (κ1) is 36.5. The molecule has 4 rings (SSSR count). The Bertz CT molecular complexity index is 1510. The van der Waals surface area contributed by atoms with E-state index in [0.717, 1.165) is 69.9 Å². The molecule has 1 aliphatic heterocycles. The number of ketones is 1. The second-order valence-electron chi connectivity index (χ2n) is 14.5. The van der Waals surface area contributed by atoms with Gasteiger partial charge in [-0.15, -0.1) is 0 Å². The molecule has 2 aromatic rings. The number of aromatic nitrogens is 1. The first-order valence-electron chi connectivity index (χ1n) is 17.0. The summed E-state index contributed by atoms with van der Waals surface area (Å²) in [5.74, 6) is 0.0360. The number of fused-ring (bicyclic) bond motifs is 1. The fourth-order valence-corrected chi connectivity index (χ4v) is 7.54. The van der Waals surface area contributed by atoms with Crippen LogP contribution in [0.3, 0.4) is 0 Å². The number of rotatable bonds is 11. The zero-order chi connectivity index (χ0) is 34.7. The van der Waals surface area contributed by atoms with Crippen molar-refractivity contribution in [2.24, 2.45) is 17.3 Å². The number of amides is 2. The molecule has 2 fully saturated rings. The number of aryl methyl sites for hydroxylation is 1. The number of aromatic amines is 1. The smallest absolute Gasteiger partial charge is 0.416 e. The number of H-pyrrole nitrogens is 1. The number of alkyl carbamates (subject to hydrolysis) is 1. The van der Waals surface area contributed by atoms with E-state index in [0.29, 0.717) is 29.5 Å².